The third kappa shape index (κ3) is 5.00. The van der Waals surface area contributed by atoms with Gasteiger partial charge in [0.05, 0.1) is 19.3 Å². The lowest BCUT2D eigenvalue weighted by Crippen LogP contribution is -2.32. The predicted octanol–water partition coefficient (Wildman–Crippen LogP) is 4.60. The molecule has 1 aromatic rings. The van der Waals surface area contributed by atoms with E-state index < -0.39 is 5.83 Å². The minimum atomic E-state index is -0.468. The van der Waals surface area contributed by atoms with Gasteiger partial charge in [-0.05, 0) is 31.1 Å². The van der Waals surface area contributed by atoms with Crippen LogP contribution in [0.25, 0.3) is 0 Å². The van der Waals surface area contributed by atoms with Gasteiger partial charge in [-0.25, -0.2) is 9.37 Å². The molecule has 0 fully saturated rings. The van der Waals surface area contributed by atoms with Gasteiger partial charge in [-0.3, -0.25) is 9.69 Å². The van der Waals surface area contributed by atoms with Crippen LogP contribution in [0.3, 0.4) is 0 Å². The molecule has 7 heteroatoms. The van der Waals surface area contributed by atoms with E-state index >= 15 is 0 Å². The number of methoxy groups -OCH3 is 2. The van der Waals surface area contributed by atoms with Crippen molar-refractivity contribution >= 4 is 17.4 Å². The van der Waals surface area contributed by atoms with Crippen LogP contribution in [0.2, 0.25) is 0 Å². The van der Waals surface area contributed by atoms with Crippen LogP contribution < -0.4 is 9.47 Å². The van der Waals surface area contributed by atoms with Gasteiger partial charge in [0, 0.05) is 31.6 Å². The number of hydrogen-bond donors (Lipinski definition) is 0. The lowest BCUT2D eigenvalue weighted by Gasteiger charge is -2.30. The number of nitrogens with zero attached hydrogens (tertiary/aromatic N) is 2. The van der Waals surface area contributed by atoms with E-state index in [1.165, 1.54) is 13.2 Å². The molecular formula is C21H26ClFN2O3. The summed E-state index contributed by atoms with van der Waals surface area (Å²) in [5, 5.41) is 0.0646. The number of carbonyl (C=O) groups is 1. The van der Waals surface area contributed by atoms with Crippen LogP contribution in [0, 0.1) is 0 Å². The van der Waals surface area contributed by atoms with Crippen LogP contribution in [0.1, 0.15) is 41.9 Å². The van der Waals surface area contributed by atoms with E-state index in [9.17, 15) is 9.18 Å². The van der Waals surface area contributed by atoms with Crippen molar-refractivity contribution in [1.82, 2.24) is 9.88 Å². The van der Waals surface area contributed by atoms with Gasteiger partial charge in [0.1, 0.15) is 11.5 Å². The molecule has 0 saturated heterocycles. The fourth-order valence-corrected chi connectivity index (χ4v) is 3.30. The Labute approximate surface area is 170 Å². The minimum Gasteiger partial charge on any atom is -0.491 e. The minimum absolute atomic E-state index is 0.0121. The van der Waals surface area contributed by atoms with Gasteiger partial charge in [0.2, 0.25) is 0 Å². The highest BCUT2D eigenvalue weighted by Crippen LogP contribution is 2.37. The number of pyridine rings is 1. The summed E-state index contributed by atoms with van der Waals surface area (Å²) >= 11 is 5.93. The van der Waals surface area contributed by atoms with Gasteiger partial charge in [-0.2, -0.15) is 0 Å². The molecule has 1 aliphatic rings. The molecule has 1 aromatic heterocycles. The predicted molar refractivity (Wildman–Crippen MR) is 109 cm³/mol. The number of fused-ring (bicyclic) bond motifs is 1. The summed E-state index contributed by atoms with van der Waals surface area (Å²) < 4.78 is 24.5. The second-order valence-corrected chi connectivity index (χ2v) is 6.73. The van der Waals surface area contributed by atoms with E-state index in [0.29, 0.717) is 43.3 Å². The Kier molecular flexibility index (Phi) is 8.20. The smallest absolute Gasteiger partial charge is 0.257 e. The van der Waals surface area contributed by atoms with Gasteiger partial charge in [-0.15, -0.1) is 0 Å². The fraction of sp³-hybridized carbons (Fsp3) is 0.429. The van der Waals surface area contributed by atoms with Gasteiger partial charge in [-0.1, -0.05) is 30.7 Å². The molecule has 1 aliphatic heterocycles. The maximum atomic E-state index is 13.6. The topological polar surface area (TPSA) is 51.7 Å². The van der Waals surface area contributed by atoms with E-state index in [1.54, 1.807) is 26.2 Å². The number of carbonyl (C=O) groups excluding carboxylic acids is 1. The molecule has 0 unspecified atom stereocenters. The van der Waals surface area contributed by atoms with Crippen LogP contribution in [-0.4, -0.2) is 43.0 Å². The Hall–Kier alpha value is -2.18. The number of Topliss-reactive ketones (excluding diaryl/α,β-unsaturated/α-hetero) is 1. The average molecular weight is 409 g/mol. The summed E-state index contributed by atoms with van der Waals surface area (Å²) in [6.45, 7) is 5.45. The number of allylic oxidation sites excluding steroid dienone is 5. The first-order valence-corrected chi connectivity index (χ1v) is 9.58. The van der Waals surface area contributed by atoms with Crippen molar-refractivity contribution in [2.24, 2.45) is 0 Å². The molecule has 152 valence electrons. The largest absolute Gasteiger partial charge is 0.491 e. The summed E-state index contributed by atoms with van der Waals surface area (Å²) in [6, 6.07) is 0. The number of hydrogen-bond acceptors (Lipinski definition) is 5. The van der Waals surface area contributed by atoms with Crippen LogP contribution in [0.15, 0.2) is 35.2 Å². The molecule has 0 N–H and O–H groups in total. The number of rotatable bonds is 8. The Morgan fingerprint density at radius 3 is 2.64 bits per heavy atom. The second-order valence-electron chi connectivity index (χ2n) is 6.32. The zero-order valence-corrected chi connectivity index (χ0v) is 17.5. The third-order valence-electron chi connectivity index (χ3n) is 4.54. The zero-order chi connectivity index (χ0) is 20.7. The fourth-order valence-electron chi connectivity index (χ4n) is 3.15. The van der Waals surface area contributed by atoms with Crippen LogP contribution in [0.4, 0.5) is 4.39 Å². The normalized spacial score (nSPS) is 15.6. The van der Waals surface area contributed by atoms with Gasteiger partial charge in [0.15, 0.2) is 11.5 Å². The highest BCUT2D eigenvalue weighted by Gasteiger charge is 2.28. The summed E-state index contributed by atoms with van der Waals surface area (Å²) in [4.78, 5) is 18.9. The van der Waals surface area contributed by atoms with Crippen molar-refractivity contribution in [1.29, 1.82) is 0 Å². The molecule has 5 nitrogen and oxygen atoms in total. The first kappa shape index (κ1) is 22.1. The van der Waals surface area contributed by atoms with Crippen LogP contribution in [-0.2, 0) is 13.0 Å². The van der Waals surface area contributed by atoms with Crippen molar-refractivity contribution in [3.63, 3.8) is 0 Å². The molecular weight excluding hydrogens is 383 g/mol. The molecule has 0 amide bonds. The summed E-state index contributed by atoms with van der Waals surface area (Å²) in [7, 11) is 3.07. The van der Waals surface area contributed by atoms with Crippen molar-refractivity contribution in [2.75, 3.05) is 27.3 Å². The summed E-state index contributed by atoms with van der Waals surface area (Å²) in [6.07, 6.45) is 7.34. The number of aromatic nitrogens is 1. The monoisotopic (exact) mass is 408 g/mol. The number of ether oxygens (including phenoxy) is 2. The molecule has 2 rings (SSSR count). The highest BCUT2D eigenvalue weighted by molar-refractivity contribution is 6.31. The van der Waals surface area contributed by atoms with E-state index in [4.69, 9.17) is 21.1 Å². The Morgan fingerprint density at radius 2 is 2.04 bits per heavy atom. The Morgan fingerprint density at radius 1 is 1.29 bits per heavy atom. The van der Waals surface area contributed by atoms with E-state index in [0.717, 1.165) is 17.7 Å². The molecule has 0 aliphatic carbocycles. The highest BCUT2D eigenvalue weighted by atomic mass is 35.5. The van der Waals surface area contributed by atoms with Crippen molar-refractivity contribution < 1.29 is 18.7 Å². The van der Waals surface area contributed by atoms with Gasteiger partial charge < -0.3 is 9.47 Å². The summed E-state index contributed by atoms with van der Waals surface area (Å²) in [5.41, 5.74) is 2.29. The van der Waals surface area contributed by atoms with Crippen molar-refractivity contribution in [3.05, 3.63) is 52.0 Å². The molecule has 28 heavy (non-hydrogen) atoms. The van der Waals surface area contributed by atoms with E-state index in [2.05, 4.69) is 9.88 Å². The van der Waals surface area contributed by atoms with Crippen LogP contribution >= 0.6 is 11.6 Å². The van der Waals surface area contributed by atoms with Crippen LogP contribution in [0.5, 0.6) is 11.6 Å². The molecule has 0 bridgehead atoms. The number of halogens is 2. The van der Waals surface area contributed by atoms with Crippen molar-refractivity contribution in [3.8, 4) is 11.6 Å². The maximum Gasteiger partial charge on any atom is 0.257 e. The number of ketones is 1. The second kappa shape index (κ2) is 10.4. The lowest BCUT2D eigenvalue weighted by atomic mass is 9.95. The zero-order valence-electron chi connectivity index (χ0n) is 16.7. The van der Waals surface area contributed by atoms with E-state index in [1.807, 2.05) is 13.0 Å². The first-order chi connectivity index (χ1) is 13.5. The molecule has 0 radical (unpaired) electrons. The molecule has 0 saturated carbocycles. The average Bonchev–Trinajstić information content (AvgIpc) is 2.71. The van der Waals surface area contributed by atoms with E-state index in [-0.39, 0.29) is 10.8 Å². The molecule has 0 aromatic carbocycles. The van der Waals surface area contributed by atoms with Crippen molar-refractivity contribution in [2.45, 2.75) is 33.2 Å². The molecule has 0 atom stereocenters. The quantitative estimate of drug-likeness (QED) is 0.464. The summed E-state index contributed by atoms with van der Waals surface area (Å²) in [5.74, 6) is 0.386. The Bertz CT molecular complexity index is 818. The molecule has 2 heterocycles. The lowest BCUT2D eigenvalue weighted by molar-refractivity contribution is 0.0980. The third-order valence-corrected chi connectivity index (χ3v) is 4.85. The SMILES string of the molecule is C\C=C/C(F)=C(Cl)\C=C\CN1CCc2c(C(=O)CC)nc(OC)c(OC)c2C1. The van der Waals surface area contributed by atoms with Gasteiger partial charge in [0.25, 0.3) is 5.88 Å². The first-order valence-electron chi connectivity index (χ1n) is 9.20. The van der Waals surface area contributed by atoms with Gasteiger partial charge >= 0.3 is 0 Å². The standard InChI is InChI=1S/C21H26ClFN2O3/c1-5-8-17(23)16(22)9-7-11-25-12-10-14-15(13-25)20(27-3)21(28-4)24-19(14)18(26)6-2/h5,7-9H,6,10-13H2,1-4H3/b8-5-,9-7+,17-16-. The Balaban J connectivity index is 2.28. The maximum absolute atomic E-state index is 13.6. The molecule has 0 spiro atoms.